The molecule has 2 atom stereocenters. The van der Waals surface area contributed by atoms with E-state index in [9.17, 15) is 4.79 Å². The molecule has 19 heavy (non-hydrogen) atoms. The summed E-state index contributed by atoms with van der Waals surface area (Å²) in [4.78, 5) is 15.7. The maximum absolute atomic E-state index is 11.9. The van der Waals surface area contributed by atoms with Crippen LogP contribution in [0, 0.1) is 5.41 Å². The van der Waals surface area contributed by atoms with Gasteiger partial charge in [0.15, 0.2) is 0 Å². The van der Waals surface area contributed by atoms with Crippen molar-refractivity contribution in [2.75, 3.05) is 6.61 Å². The molecule has 2 rings (SSSR count). The van der Waals surface area contributed by atoms with Crippen LogP contribution in [0.4, 0.5) is 0 Å². The van der Waals surface area contributed by atoms with Crippen LogP contribution in [0.15, 0.2) is 12.7 Å². The first kappa shape index (κ1) is 14.0. The van der Waals surface area contributed by atoms with Crippen molar-refractivity contribution < 1.29 is 9.53 Å². The van der Waals surface area contributed by atoms with Gasteiger partial charge in [0.25, 0.3) is 0 Å². The Morgan fingerprint density at radius 3 is 2.95 bits per heavy atom. The molecule has 1 aliphatic rings. The number of carbonyl (C=O) groups excluding carboxylic acids is 1. The van der Waals surface area contributed by atoms with Gasteiger partial charge in [-0.25, -0.2) is 4.98 Å². The summed E-state index contributed by atoms with van der Waals surface area (Å²) in [6.45, 7) is 7.56. The molecule has 1 saturated carbocycles. The van der Waals surface area contributed by atoms with Crippen molar-refractivity contribution in [1.29, 1.82) is 0 Å². The molecule has 6 nitrogen and oxygen atoms in total. The van der Waals surface area contributed by atoms with Gasteiger partial charge >= 0.3 is 0 Å². The standard InChI is InChI=1S/C13H22N4O2/c1-4-19-11-7-10(13(11,2)3)16-12(18)5-6-17-9-14-8-15-17/h8-11H,4-7H2,1-3H3,(H,16,18)/t10-,11-/m0/s1. The highest BCUT2D eigenvalue weighted by atomic mass is 16.5. The van der Waals surface area contributed by atoms with Crippen LogP contribution in [0.5, 0.6) is 0 Å². The molecule has 1 aromatic heterocycles. The van der Waals surface area contributed by atoms with Gasteiger partial charge in [-0.05, 0) is 13.3 Å². The number of hydrogen-bond donors (Lipinski definition) is 1. The zero-order chi connectivity index (χ0) is 13.9. The quantitative estimate of drug-likeness (QED) is 0.833. The molecule has 0 bridgehead atoms. The second kappa shape index (κ2) is 5.69. The lowest BCUT2D eigenvalue weighted by atomic mass is 9.64. The molecule has 1 aliphatic carbocycles. The van der Waals surface area contributed by atoms with Gasteiger partial charge in [-0.3, -0.25) is 9.48 Å². The first-order chi connectivity index (χ1) is 9.04. The lowest BCUT2D eigenvalue weighted by molar-refractivity contribution is -0.136. The van der Waals surface area contributed by atoms with Crippen LogP contribution in [-0.4, -0.2) is 39.4 Å². The Morgan fingerprint density at radius 1 is 1.58 bits per heavy atom. The van der Waals surface area contributed by atoms with Gasteiger partial charge < -0.3 is 10.1 Å². The van der Waals surface area contributed by atoms with Crippen molar-refractivity contribution >= 4 is 5.91 Å². The highest BCUT2D eigenvalue weighted by molar-refractivity contribution is 5.76. The highest BCUT2D eigenvalue weighted by Gasteiger charge is 2.49. The van der Waals surface area contributed by atoms with Crippen LogP contribution in [0.2, 0.25) is 0 Å². The molecule has 1 aromatic rings. The number of carbonyl (C=O) groups is 1. The predicted octanol–water partition coefficient (Wildman–Crippen LogP) is 0.988. The molecule has 1 heterocycles. The molecule has 0 aromatic carbocycles. The first-order valence-corrected chi connectivity index (χ1v) is 6.77. The summed E-state index contributed by atoms with van der Waals surface area (Å²) in [5.74, 6) is 0.0588. The molecule has 0 unspecified atom stereocenters. The van der Waals surface area contributed by atoms with Crippen LogP contribution >= 0.6 is 0 Å². The zero-order valence-corrected chi connectivity index (χ0v) is 11.8. The van der Waals surface area contributed by atoms with E-state index in [2.05, 4.69) is 29.2 Å². The van der Waals surface area contributed by atoms with Crippen molar-refractivity contribution in [2.24, 2.45) is 5.41 Å². The molecule has 1 amide bonds. The molecule has 6 heteroatoms. The van der Waals surface area contributed by atoms with Crippen molar-refractivity contribution in [3.63, 3.8) is 0 Å². The summed E-state index contributed by atoms with van der Waals surface area (Å²) in [5, 5.41) is 7.05. The van der Waals surface area contributed by atoms with Crippen LogP contribution < -0.4 is 5.32 Å². The predicted molar refractivity (Wildman–Crippen MR) is 70.4 cm³/mol. The van der Waals surface area contributed by atoms with Crippen LogP contribution in [-0.2, 0) is 16.1 Å². The van der Waals surface area contributed by atoms with E-state index in [4.69, 9.17) is 4.74 Å². The van der Waals surface area contributed by atoms with Crippen LogP contribution in [0.3, 0.4) is 0 Å². The number of nitrogens with one attached hydrogen (secondary N) is 1. The number of ether oxygens (including phenoxy) is 1. The molecular formula is C13H22N4O2. The Hall–Kier alpha value is -1.43. The van der Waals surface area contributed by atoms with Gasteiger partial charge in [0.05, 0.1) is 12.6 Å². The average molecular weight is 266 g/mol. The SMILES string of the molecule is CCO[C@H]1C[C@H](NC(=O)CCn2cncn2)C1(C)C. The third-order valence-electron chi connectivity index (χ3n) is 3.92. The van der Waals surface area contributed by atoms with Crippen molar-refractivity contribution in [2.45, 2.75) is 52.3 Å². The van der Waals surface area contributed by atoms with Gasteiger partial charge in [0, 0.05) is 24.5 Å². The second-order valence-electron chi connectivity index (χ2n) is 5.53. The highest BCUT2D eigenvalue weighted by Crippen LogP contribution is 2.42. The zero-order valence-electron chi connectivity index (χ0n) is 11.8. The molecule has 1 N–H and O–H groups in total. The number of nitrogens with zero attached hydrogens (tertiary/aromatic N) is 3. The second-order valence-corrected chi connectivity index (χ2v) is 5.53. The maximum Gasteiger partial charge on any atom is 0.222 e. The third-order valence-corrected chi connectivity index (χ3v) is 3.92. The Morgan fingerprint density at radius 2 is 2.37 bits per heavy atom. The number of hydrogen-bond acceptors (Lipinski definition) is 4. The van der Waals surface area contributed by atoms with Crippen LogP contribution in [0.25, 0.3) is 0 Å². The third kappa shape index (κ3) is 3.12. The Kier molecular flexibility index (Phi) is 4.19. The summed E-state index contributed by atoms with van der Waals surface area (Å²) in [6, 6.07) is 0.201. The smallest absolute Gasteiger partial charge is 0.222 e. The molecule has 0 aliphatic heterocycles. The minimum absolute atomic E-state index is 0.0128. The van der Waals surface area contributed by atoms with E-state index in [1.807, 2.05) is 6.92 Å². The fourth-order valence-corrected chi connectivity index (χ4v) is 2.45. The van der Waals surface area contributed by atoms with Gasteiger partial charge in [-0.15, -0.1) is 0 Å². The van der Waals surface area contributed by atoms with E-state index in [1.54, 1.807) is 11.0 Å². The Balaban J connectivity index is 1.74. The van der Waals surface area contributed by atoms with E-state index in [-0.39, 0.29) is 23.5 Å². The molecular weight excluding hydrogens is 244 g/mol. The fraction of sp³-hybridized carbons (Fsp3) is 0.769. The molecule has 0 radical (unpaired) electrons. The monoisotopic (exact) mass is 266 g/mol. The summed E-state index contributed by atoms with van der Waals surface area (Å²) in [6.07, 6.45) is 4.66. The number of amides is 1. The van der Waals surface area contributed by atoms with Crippen molar-refractivity contribution in [3.8, 4) is 0 Å². The molecule has 1 fully saturated rings. The van der Waals surface area contributed by atoms with E-state index in [0.717, 1.165) is 13.0 Å². The summed E-state index contributed by atoms with van der Waals surface area (Å²) in [5.41, 5.74) is 0.0128. The summed E-state index contributed by atoms with van der Waals surface area (Å²) >= 11 is 0. The fourth-order valence-electron chi connectivity index (χ4n) is 2.45. The summed E-state index contributed by atoms with van der Waals surface area (Å²) < 4.78 is 7.31. The Bertz CT molecular complexity index is 416. The minimum Gasteiger partial charge on any atom is -0.378 e. The van der Waals surface area contributed by atoms with Gasteiger partial charge in [-0.1, -0.05) is 13.8 Å². The first-order valence-electron chi connectivity index (χ1n) is 6.77. The number of rotatable bonds is 6. The van der Waals surface area contributed by atoms with Crippen molar-refractivity contribution in [3.05, 3.63) is 12.7 Å². The van der Waals surface area contributed by atoms with E-state index in [1.165, 1.54) is 6.33 Å². The van der Waals surface area contributed by atoms with E-state index < -0.39 is 0 Å². The molecule has 0 spiro atoms. The Labute approximate surface area is 113 Å². The molecule has 0 saturated heterocycles. The lowest BCUT2D eigenvalue weighted by Gasteiger charge is -2.51. The maximum atomic E-state index is 11.9. The lowest BCUT2D eigenvalue weighted by Crippen LogP contribution is -2.62. The number of aryl methyl sites for hydroxylation is 1. The number of aromatic nitrogens is 3. The van der Waals surface area contributed by atoms with Gasteiger partial charge in [-0.2, -0.15) is 5.10 Å². The van der Waals surface area contributed by atoms with Gasteiger partial charge in [0.2, 0.25) is 5.91 Å². The van der Waals surface area contributed by atoms with E-state index in [0.29, 0.717) is 13.0 Å². The normalized spacial score (nSPS) is 24.8. The van der Waals surface area contributed by atoms with Gasteiger partial charge in [0.1, 0.15) is 12.7 Å². The molecule has 106 valence electrons. The van der Waals surface area contributed by atoms with Crippen molar-refractivity contribution in [1.82, 2.24) is 20.1 Å². The van der Waals surface area contributed by atoms with Crippen LogP contribution in [0.1, 0.15) is 33.6 Å². The summed E-state index contributed by atoms with van der Waals surface area (Å²) in [7, 11) is 0. The topological polar surface area (TPSA) is 69.0 Å². The van der Waals surface area contributed by atoms with E-state index >= 15 is 0 Å². The largest absolute Gasteiger partial charge is 0.378 e. The average Bonchev–Trinajstić information content (AvgIpc) is 2.88. The minimum atomic E-state index is 0.0128.